The van der Waals surface area contributed by atoms with E-state index >= 15 is 0 Å². The second-order valence-electron chi connectivity index (χ2n) is 6.90. The third kappa shape index (κ3) is 2.89. The molecule has 1 atom stereocenters. The van der Waals surface area contributed by atoms with Crippen LogP contribution in [0.15, 0.2) is 53.4 Å². The lowest BCUT2D eigenvalue weighted by molar-refractivity contribution is -0.131. The Hall–Kier alpha value is -2.91. The minimum absolute atomic E-state index is 0.0757. The zero-order chi connectivity index (χ0) is 21.0. The predicted molar refractivity (Wildman–Crippen MR) is 104 cm³/mol. The minimum Gasteiger partial charge on any atom is -0.319 e. The second kappa shape index (κ2) is 6.57. The van der Waals surface area contributed by atoms with Gasteiger partial charge in [-0.15, -0.1) is 0 Å². The van der Waals surface area contributed by atoms with Crippen molar-refractivity contribution in [2.45, 2.75) is 17.4 Å². The number of hydrogen-bond donors (Lipinski definition) is 1. The van der Waals surface area contributed by atoms with Gasteiger partial charge in [-0.1, -0.05) is 35.9 Å². The second-order valence-corrected chi connectivity index (χ2v) is 9.16. The summed E-state index contributed by atoms with van der Waals surface area (Å²) in [5.74, 6) is -1.21. The third-order valence-corrected chi connectivity index (χ3v) is 7.23. The van der Waals surface area contributed by atoms with Crippen LogP contribution in [0, 0.1) is 0 Å². The summed E-state index contributed by atoms with van der Waals surface area (Å²) in [7, 11) is -4.01. The molecule has 1 N–H and O–H groups in total. The number of nitrogens with zero attached hydrogens (tertiary/aromatic N) is 2. The molecule has 0 aliphatic carbocycles. The first-order valence-electron chi connectivity index (χ1n) is 8.72. The predicted octanol–water partition coefficient (Wildman–Crippen LogP) is 1.95. The van der Waals surface area contributed by atoms with Crippen LogP contribution < -0.4 is 5.32 Å². The molecule has 2 heterocycles. The largest absolute Gasteiger partial charge is 0.325 e. The summed E-state index contributed by atoms with van der Waals surface area (Å²) in [6, 6.07) is 11.7. The van der Waals surface area contributed by atoms with E-state index in [9.17, 15) is 22.8 Å². The molecule has 0 unspecified atom stereocenters. The maximum atomic E-state index is 12.9. The smallest absolute Gasteiger partial charge is 0.319 e. The zero-order valence-corrected chi connectivity index (χ0v) is 16.8. The van der Waals surface area contributed by atoms with E-state index in [1.54, 1.807) is 37.3 Å². The molecule has 0 spiro atoms. The topological polar surface area (TPSA) is 104 Å². The fraction of sp³-hybridized carbons (Fsp3) is 0.211. The first-order chi connectivity index (χ1) is 13.7. The molecule has 0 saturated carbocycles. The molecular weight excluding hydrogens is 418 g/mol. The van der Waals surface area contributed by atoms with Crippen molar-refractivity contribution in [3.05, 3.63) is 64.7 Å². The Morgan fingerprint density at radius 2 is 1.66 bits per heavy atom. The number of carbonyl (C=O) groups excluding carboxylic acids is 3. The molecule has 150 valence electrons. The Balaban J connectivity index is 1.55. The Labute approximate surface area is 172 Å². The van der Waals surface area contributed by atoms with Crippen LogP contribution in [0.1, 0.15) is 22.8 Å². The summed E-state index contributed by atoms with van der Waals surface area (Å²) in [5.41, 5.74) is -0.686. The molecule has 2 aromatic carbocycles. The zero-order valence-electron chi connectivity index (χ0n) is 15.3. The third-order valence-electron chi connectivity index (χ3n) is 5.14. The van der Waals surface area contributed by atoms with Gasteiger partial charge in [0.05, 0.1) is 12.1 Å². The van der Waals surface area contributed by atoms with Crippen molar-refractivity contribution in [2.75, 3.05) is 13.1 Å². The van der Waals surface area contributed by atoms with Gasteiger partial charge >= 0.3 is 6.03 Å². The molecule has 0 bridgehead atoms. The summed E-state index contributed by atoms with van der Waals surface area (Å²) < 4.78 is 26.0. The number of carbonyl (C=O) groups is 3. The van der Waals surface area contributed by atoms with Gasteiger partial charge in [-0.2, -0.15) is 0 Å². The van der Waals surface area contributed by atoms with Crippen LogP contribution in [0.3, 0.4) is 0 Å². The highest BCUT2D eigenvalue weighted by molar-refractivity contribution is 7.90. The molecule has 4 amide bonds. The average Bonchev–Trinajstić information content (AvgIpc) is 3.02. The highest BCUT2D eigenvalue weighted by atomic mass is 35.5. The number of sulfonamides is 1. The van der Waals surface area contributed by atoms with Crippen LogP contribution in [0.5, 0.6) is 0 Å². The lowest BCUT2D eigenvalue weighted by atomic mass is 9.92. The van der Waals surface area contributed by atoms with Crippen LogP contribution in [-0.4, -0.2) is 48.6 Å². The van der Waals surface area contributed by atoms with Crippen molar-refractivity contribution in [1.29, 1.82) is 0 Å². The average molecular weight is 434 g/mol. The van der Waals surface area contributed by atoms with Crippen molar-refractivity contribution < 1.29 is 22.8 Å². The van der Waals surface area contributed by atoms with E-state index in [0.717, 1.165) is 4.90 Å². The van der Waals surface area contributed by atoms with Crippen molar-refractivity contribution in [2.24, 2.45) is 0 Å². The summed E-state index contributed by atoms with van der Waals surface area (Å²) in [4.78, 5) is 38.7. The Morgan fingerprint density at radius 1 is 1.00 bits per heavy atom. The number of halogens is 1. The normalized spacial score (nSPS) is 22.8. The van der Waals surface area contributed by atoms with Gasteiger partial charge in [0, 0.05) is 11.6 Å². The molecule has 2 aliphatic heterocycles. The fourth-order valence-electron chi connectivity index (χ4n) is 3.52. The number of urea groups is 1. The summed E-state index contributed by atoms with van der Waals surface area (Å²) in [6.45, 7) is 0.975. The van der Waals surface area contributed by atoms with Gasteiger partial charge in [-0.25, -0.2) is 17.5 Å². The minimum atomic E-state index is -4.01. The first-order valence-corrected chi connectivity index (χ1v) is 10.5. The SMILES string of the molecule is C[C@@]1(c2ccc(Cl)cc2)NC(=O)N(CCN2C(=O)c3ccccc3S2(=O)=O)C1=O. The molecule has 10 heteroatoms. The first kappa shape index (κ1) is 19.4. The molecule has 4 rings (SSSR count). The van der Waals surface area contributed by atoms with Gasteiger partial charge in [0.25, 0.3) is 21.8 Å². The van der Waals surface area contributed by atoms with E-state index in [1.807, 2.05) is 0 Å². The molecule has 29 heavy (non-hydrogen) atoms. The lowest BCUT2D eigenvalue weighted by Gasteiger charge is -2.23. The van der Waals surface area contributed by atoms with Gasteiger partial charge < -0.3 is 5.32 Å². The van der Waals surface area contributed by atoms with Crippen LogP contribution in [0.25, 0.3) is 0 Å². The van der Waals surface area contributed by atoms with Crippen LogP contribution in [-0.2, 0) is 20.4 Å². The Morgan fingerprint density at radius 3 is 2.31 bits per heavy atom. The van der Waals surface area contributed by atoms with Crippen molar-refractivity contribution in [1.82, 2.24) is 14.5 Å². The molecule has 2 aromatic rings. The van der Waals surface area contributed by atoms with Crippen molar-refractivity contribution >= 4 is 39.5 Å². The highest BCUT2D eigenvalue weighted by Gasteiger charge is 2.49. The highest BCUT2D eigenvalue weighted by Crippen LogP contribution is 2.32. The van der Waals surface area contributed by atoms with Gasteiger partial charge in [-0.05, 0) is 36.8 Å². The molecule has 8 nitrogen and oxygen atoms in total. The number of amides is 4. The Kier molecular flexibility index (Phi) is 4.39. The molecule has 0 radical (unpaired) electrons. The van der Waals surface area contributed by atoms with Gasteiger partial charge in [-0.3, -0.25) is 14.5 Å². The van der Waals surface area contributed by atoms with E-state index in [1.165, 1.54) is 18.2 Å². The number of hydrogen-bond acceptors (Lipinski definition) is 5. The molecule has 1 saturated heterocycles. The number of nitrogens with one attached hydrogen (secondary N) is 1. The van der Waals surface area contributed by atoms with Crippen LogP contribution in [0.4, 0.5) is 4.79 Å². The quantitative estimate of drug-likeness (QED) is 0.742. The fourth-order valence-corrected chi connectivity index (χ4v) is 5.21. The maximum Gasteiger partial charge on any atom is 0.325 e. The van der Waals surface area contributed by atoms with Gasteiger partial charge in [0.15, 0.2) is 0 Å². The summed E-state index contributed by atoms with van der Waals surface area (Å²) in [5, 5.41) is 3.12. The summed E-state index contributed by atoms with van der Waals surface area (Å²) >= 11 is 5.88. The Bertz CT molecular complexity index is 1150. The standard InChI is InChI=1S/C19H16ClN3O5S/c1-19(12-6-8-13(20)9-7-12)17(25)22(18(26)21-19)10-11-23-16(24)14-4-2-3-5-15(14)29(23,27)28/h2-9H,10-11H2,1H3,(H,21,26)/t19-/m0/s1. The van der Waals surface area contributed by atoms with Crippen molar-refractivity contribution in [3.8, 4) is 0 Å². The lowest BCUT2D eigenvalue weighted by Crippen LogP contribution is -2.43. The molecule has 0 aromatic heterocycles. The van der Waals surface area contributed by atoms with E-state index in [2.05, 4.69) is 5.32 Å². The van der Waals surface area contributed by atoms with Crippen LogP contribution >= 0.6 is 11.6 Å². The van der Waals surface area contributed by atoms with E-state index in [0.29, 0.717) is 14.9 Å². The number of rotatable bonds is 4. The molecular formula is C19H16ClN3O5S. The number of imide groups is 1. The number of fused-ring (bicyclic) bond motifs is 1. The molecule has 1 fully saturated rings. The molecule has 2 aliphatic rings. The monoisotopic (exact) mass is 433 g/mol. The van der Waals surface area contributed by atoms with Gasteiger partial charge in [0.1, 0.15) is 10.4 Å². The maximum absolute atomic E-state index is 12.9. The number of benzene rings is 2. The van der Waals surface area contributed by atoms with E-state index < -0.39 is 33.4 Å². The van der Waals surface area contributed by atoms with E-state index in [-0.39, 0.29) is 23.5 Å². The van der Waals surface area contributed by atoms with Gasteiger partial charge in [0.2, 0.25) is 0 Å². The van der Waals surface area contributed by atoms with Crippen molar-refractivity contribution in [3.63, 3.8) is 0 Å². The summed E-state index contributed by atoms with van der Waals surface area (Å²) in [6.07, 6.45) is 0. The van der Waals surface area contributed by atoms with E-state index in [4.69, 9.17) is 11.6 Å². The van der Waals surface area contributed by atoms with Crippen LogP contribution in [0.2, 0.25) is 5.02 Å².